The van der Waals surface area contributed by atoms with Gasteiger partial charge in [-0.2, -0.15) is 5.26 Å². The zero-order valence-corrected chi connectivity index (χ0v) is 21.0. The second-order valence-electron chi connectivity index (χ2n) is 9.63. The average Bonchev–Trinajstić information content (AvgIpc) is 3.25. The van der Waals surface area contributed by atoms with Crippen molar-refractivity contribution >= 4 is 10.9 Å². The van der Waals surface area contributed by atoms with Gasteiger partial charge in [-0.05, 0) is 60.8 Å². The number of fused-ring (bicyclic) bond motifs is 4. The summed E-state index contributed by atoms with van der Waals surface area (Å²) in [6.45, 7) is 8.46. The van der Waals surface area contributed by atoms with Crippen LogP contribution in [0.3, 0.4) is 0 Å². The highest BCUT2D eigenvalue weighted by Gasteiger charge is 2.33. The van der Waals surface area contributed by atoms with Crippen LogP contribution in [0, 0.1) is 30.2 Å². The van der Waals surface area contributed by atoms with Gasteiger partial charge in [0.05, 0.1) is 12.7 Å². The van der Waals surface area contributed by atoms with Crippen LogP contribution in [0.2, 0.25) is 0 Å². The van der Waals surface area contributed by atoms with Gasteiger partial charge in [0, 0.05) is 29.7 Å². The lowest BCUT2D eigenvalue weighted by atomic mass is 9.75. The summed E-state index contributed by atoms with van der Waals surface area (Å²) in [5, 5.41) is 11.1. The van der Waals surface area contributed by atoms with Crippen molar-refractivity contribution in [2.75, 3.05) is 13.1 Å². The molecule has 0 saturated heterocycles. The molecule has 0 spiro atoms. The van der Waals surface area contributed by atoms with Crippen molar-refractivity contribution in [1.82, 2.24) is 9.88 Å². The second-order valence-corrected chi connectivity index (χ2v) is 9.63. The van der Waals surface area contributed by atoms with Crippen molar-refractivity contribution in [3.63, 3.8) is 0 Å². The molecule has 2 aliphatic rings. The monoisotopic (exact) mass is 457 g/mol. The predicted molar refractivity (Wildman–Crippen MR) is 139 cm³/mol. The van der Waals surface area contributed by atoms with Crippen molar-refractivity contribution in [3.8, 4) is 6.19 Å². The lowest BCUT2D eigenvalue weighted by Gasteiger charge is -2.37. The summed E-state index contributed by atoms with van der Waals surface area (Å²) in [6.07, 6.45) is 9.47. The van der Waals surface area contributed by atoms with Crippen molar-refractivity contribution in [3.05, 3.63) is 70.9 Å². The standard InChI is InChI=1S/C28H33N3O.C2H6/c1-20-8-2-3-11-23(20)18-32-27-16-21-9-4-5-10-22(21)17-31(19-29)15-14-25-24-12-6-7-13-26(24)30-28(25)27;1-2/h2-3,6-8,11-13,21-22,27,30H,4-5,9-10,14-18H2,1H3;1-2H3. The molecule has 0 amide bonds. The van der Waals surface area contributed by atoms with Crippen LogP contribution in [0.15, 0.2) is 48.5 Å². The number of nitriles is 1. The van der Waals surface area contributed by atoms with E-state index in [1.807, 2.05) is 18.7 Å². The van der Waals surface area contributed by atoms with Crippen molar-refractivity contribution in [2.45, 2.75) is 72.0 Å². The van der Waals surface area contributed by atoms with Crippen LogP contribution in [0.5, 0.6) is 0 Å². The summed E-state index contributed by atoms with van der Waals surface area (Å²) < 4.78 is 6.73. The lowest BCUT2D eigenvalue weighted by molar-refractivity contribution is 0.00444. The largest absolute Gasteiger partial charge is 0.367 e. The fourth-order valence-corrected chi connectivity index (χ4v) is 5.82. The second kappa shape index (κ2) is 11.6. The Balaban J connectivity index is 0.00000133. The molecule has 4 nitrogen and oxygen atoms in total. The number of aryl methyl sites for hydroxylation is 1. The van der Waals surface area contributed by atoms with Gasteiger partial charge in [0.25, 0.3) is 0 Å². The number of H-pyrrole nitrogens is 1. The molecule has 2 heterocycles. The summed E-state index contributed by atoms with van der Waals surface area (Å²) in [6, 6.07) is 17.1. The van der Waals surface area contributed by atoms with E-state index < -0.39 is 0 Å². The number of aromatic amines is 1. The zero-order chi connectivity index (χ0) is 23.9. The maximum Gasteiger partial charge on any atom is 0.179 e. The average molecular weight is 458 g/mol. The molecule has 4 heteroatoms. The van der Waals surface area contributed by atoms with Gasteiger partial charge in [0.1, 0.15) is 0 Å². The molecular formula is C30H39N3O. The summed E-state index contributed by atoms with van der Waals surface area (Å²) in [5.74, 6) is 1.18. The summed E-state index contributed by atoms with van der Waals surface area (Å²) >= 11 is 0. The maximum absolute atomic E-state index is 9.80. The lowest BCUT2D eigenvalue weighted by Crippen LogP contribution is -2.35. The molecule has 3 atom stereocenters. The van der Waals surface area contributed by atoms with E-state index in [9.17, 15) is 5.26 Å². The van der Waals surface area contributed by atoms with Gasteiger partial charge < -0.3 is 14.6 Å². The molecular weight excluding hydrogens is 418 g/mol. The van der Waals surface area contributed by atoms with Crippen LogP contribution in [0.25, 0.3) is 10.9 Å². The normalized spacial score (nSPS) is 22.6. The highest BCUT2D eigenvalue weighted by Crippen LogP contribution is 2.41. The molecule has 180 valence electrons. The number of hydrogen-bond acceptors (Lipinski definition) is 3. The minimum absolute atomic E-state index is 0.0521. The van der Waals surface area contributed by atoms with Crippen LogP contribution in [0.1, 0.15) is 74.4 Å². The molecule has 3 unspecified atom stereocenters. The van der Waals surface area contributed by atoms with Gasteiger partial charge in [-0.1, -0.05) is 75.6 Å². The van der Waals surface area contributed by atoms with E-state index in [-0.39, 0.29) is 6.10 Å². The summed E-state index contributed by atoms with van der Waals surface area (Å²) in [5.41, 5.74) is 6.27. The zero-order valence-electron chi connectivity index (χ0n) is 21.0. The Morgan fingerprint density at radius 3 is 2.56 bits per heavy atom. The smallest absolute Gasteiger partial charge is 0.179 e. The van der Waals surface area contributed by atoms with E-state index in [1.54, 1.807) is 0 Å². The summed E-state index contributed by atoms with van der Waals surface area (Å²) in [4.78, 5) is 5.74. The fourth-order valence-electron chi connectivity index (χ4n) is 5.82. The third-order valence-electron chi connectivity index (χ3n) is 7.68. The molecule has 1 aliphatic carbocycles. The van der Waals surface area contributed by atoms with Crippen LogP contribution in [-0.4, -0.2) is 23.0 Å². The van der Waals surface area contributed by atoms with Gasteiger partial charge >= 0.3 is 0 Å². The first-order valence-corrected chi connectivity index (χ1v) is 13.1. The van der Waals surface area contributed by atoms with Gasteiger partial charge in [-0.3, -0.25) is 0 Å². The third kappa shape index (κ3) is 5.31. The van der Waals surface area contributed by atoms with Gasteiger partial charge in [-0.25, -0.2) is 0 Å². The first kappa shape index (κ1) is 24.4. The quantitative estimate of drug-likeness (QED) is 0.420. The predicted octanol–water partition coefficient (Wildman–Crippen LogP) is 7.30. The fraction of sp³-hybridized carbons (Fsp3) is 0.500. The third-order valence-corrected chi connectivity index (χ3v) is 7.68. The molecule has 1 aromatic heterocycles. The topological polar surface area (TPSA) is 52.0 Å². The first-order valence-electron chi connectivity index (χ1n) is 13.1. The number of aromatic nitrogens is 1. The molecule has 1 N–H and O–H groups in total. The Labute approximate surface area is 204 Å². The maximum atomic E-state index is 9.80. The molecule has 1 aliphatic heterocycles. The van der Waals surface area contributed by atoms with E-state index in [1.165, 1.54) is 59.0 Å². The molecule has 2 aromatic carbocycles. The van der Waals surface area contributed by atoms with E-state index in [0.29, 0.717) is 18.4 Å². The summed E-state index contributed by atoms with van der Waals surface area (Å²) in [7, 11) is 0. The van der Waals surface area contributed by atoms with Gasteiger partial charge in [-0.15, -0.1) is 0 Å². The molecule has 1 fully saturated rings. The number of rotatable bonds is 3. The molecule has 3 aromatic rings. The van der Waals surface area contributed by atoms with E-state index >= 15 is 0 Å². The van der Waals surface area contributed by atoms with Crippen molar-refractivity contribution < 1.29 is 4.74 Å². The minimum Gasteiger partial charge on any atom is -0.367 e. The molecule has 1 saturated carbocycles. The highest BCUT2D eigenvalue weighted by molar-refractivity contribution is 5.84. The number of nitrogens with zero attached hydrogens (tertiary/aromatic N) is 2. The SMILES string of the molecule is CC.Cc1ccccc1COC1CC2CCCCC2CN(C#N)CCc2c1[nH]c1ccccc21. The highest BCUT2D eigenvalue weighted by atomic mass is 16.5. The first-order chi connectivity index (χ1) is 16.7. The molecule has 5 rings (SSSR count). The minimum atomic E-state index is 0.0521. The number of para-hydroxylation sites is 1. The number of benzene rings is 2. The Morgan fingerprint density at radius 2 is 1.76 bits per heavy atom. The molecule has 0 radical (unpaired) electrons. The molecule has 34 heavy (non-hydrogen) atoms. The van der Waals surface area contributed by atoms with E-state index in [2.05, 4.69) is 66.6 Å². The number of ether oxygens (including phenoxy) is 1. The van der Waals surface area contributed by atoms with Gasteiger partial charge in [0.15, 0.2) is 6.19 Å². The Kier molecular flexibility index (Phi) is 8.29. The van der Waals surface area contributed by atoms with Gasteiger partial charge in [0.2, 0.25) is 0 Å². The van der Waals surface area contributed by atoms with Crippen molar-refractivity contribution in [2.24, 2.45) is 11.8 Å². The van der Waals surface area contributed by atoms with Crippen LogP contribution in [0.4, 0.5) is 0 Å². The van der Waals surface area contributed by atoms with Crippen LogP contribution in [-0.2, 0) is 17.8 Å². The van der Waals surface area contributed by atoms with Crippen LogP contribution >= 0.6 is 0 Å². The Hall–Kier alpha value is -2.77. The Bertz CT molecular complexity index is 1110. The number of nitrogens with one attached hydrogen (secondary N) is 1. The Morgan fingerprint density at radius 1 is 1.03 bits per heavy atom. The van der Waals surface area contributed by atoms with Crippen molar-refractivity contribution in [1.29, 1.82) is 5.26 Å². The number of hydrogen-bond donors (Lipinski definition) is 1. The molecule has 0 bridgehead atoms. The van der Waals surface area contributed by atoms with E-state index in [0.717, 1.165) is 25.9 Å². The van der Waals surface area contributed by atoms with Crippen LogP contribution < -0.4 is 0 Å². The van der Waals surface area contributed by atoms with E-state index in [4.69, 9.17) is 4.74 Å².